The Kier molecular flexibility index (Phi) is 4.73. The quantitative estimate of drug-likeness (QED) is 0.529. The van der Waals surface area contributed by atoms with Crippen molar-refractivity contribution in [3.8, 4) is 0 Å². The highest BCUT2D eigenvalue weighted by atomic mass is 16.5. The van der Waals surface area contributed by atoms with Gasteiger partial charge in [0.25, 0.3) is 0 Å². The number of hydrogen-bond donors (Lipinski definition) is 0. The third-order valence-electron chi connectivity index (χ3n) is 1.05. The zero-order chi connectivity index (χ0) is 8.69. The molecule has 0 aliphatic heterocycles. The molecular formula is C8H9O3. The van der Waals surface area contributed by atoms with Crippen molar-refractivity contribution in [2.24, 2.45) is 0 Å². The molecule has 0 aromatic heterocycles. The average molecular weight is 153 g/mol. The molecule has 0 heterocycles. The van der Waals surface area contributed by atoms with Crippen LogP contribution in [0, 0.1) is 0 Å². The van der Waals surface area contributed by atoms with Crippen molar-refractivity contribution in [1.29, 1.82) is 0 Å². The average Bonchev–Trinajstić information content (AvgIpc) is 2.00. The molecule has 0 saturated carbocycles. The van der Waals surface area contributed by atoms with E-state index in [0.29, 0.717) is 0 Å². The molecule has 11 heavy (non-hydrogen) atoms. The van der Waals surface area contributed by atoms with E-state index < -0.39 is 6.10 Å². The van der Waals surface area contributed by atoms with E-state index >= 15 is 0 Å². The lowest BCUT2D eigenvalue weighted by atomic mass is 10.2. The summed E-state index contributed by atoms with van der Waals surface area (Å²) in [4.78, 5) is 20.6. The fraction of sp³-hybridized carbons (Fsp3) is 0.250. The van der Waals surface area contributed by atoms with Crippen LogP contribution in [-0.4, -0.2) is 18.4 Å². The highest BCUT2D eigenvalue weighted by molar-refractivity contribution is 5.86. The van der Waals surface area contributed by atoms with Gasteiger partial charge in [0.1, 0.15) is 0 Å². The van der Waals surface area contributed by atoms with Gasteiger partial charge in [-0.05, 0) is 6.08 Å². The van der Waals surface area contributed by atoms with E-state index in [2.05, 4.69) is 17.9 Å². The van der Waals surface area contributed by atoms with Gasteiger partial charge in [-0.2, -0.15) is 0 Å². The lowest BCUT2D eigenvalue weighted by molar-refractivity contribution is -0.123. The smallest absolute Gasteiger partial charge is 0.418 e. The lowest BCUT2D eigenvalue weighted by Gasteiger charge is -2.05. The van der Waals surface area contributed by atoms with Gasteiger partial charge in [0, 0.05) is 6.42 Å². The van der Waals surface area contributed by atoms with Gasteiger partial charge < -0.3 is 4.74 Å². The molecule has 0 aliphatic carbocycles. The summed E-state index contributed by atoms with van der Waals surface area (Å²) in [5.41, 5.74) is 0. The van der Waals surface area contributed by atoms with Crippen LogP contribution in [0.1, 0.15) is 6.42 Å². The van der Waals surface area contributed by atoms with E-state index in [1.165, 1.54) is 18.6 Å². The van der Waals surface area contributed by atoms with Crippen LogP contribution in [0.5, 0.6) is 0 Å². The van der Waals surface area contributed by atoms with Crippen LogP contribution < -0.4 is 0 Å². The summed E-state index contributed by atoms with van der Waals surface area (Å²) < 4.78 is 4.28. The van der Waals surface area contributed by atoms with E-state index in [9.17, 15) is 9.59 Å². The number of carbonyl (C=O) groups excluding carboxylic acids is 2. The van der Waals surface area contributed by atoms with Gasteiger partial charge in [0.2, 0.25) is 0 Å². The summed E-state index contributed by atoms with van der Waals surface area (Å²) in [6, 6.07) is 0. The Morgan fingerprint density at radius 2 is 2.27 bits per heavy atom. The second kappa shape index (κ2) is 5.41. The van der Waals surface area contributed by atoms with E-state index in [1.54, 1.807) is 0 Å². The van der Waals surface area contributed by atoms with Gasteiger partial charge in [-0.25, -0.2) is 4.79 Å². The molecule has 0 saturated heterocycles. The van der Waals surface area contributed by atoms with Crippen LogP contribution in [0.15, 0.2) is 25.3 Å². The van der Waals surface area contributed by atoms with Gasteiger partial charge in [-0.3, -0.25) is 4.79 Å². The number of rotatable bonds is 6. The summed E-state index contributed by atoms with van der Waals surface area (Å²) in [6.45, 7) is 7.87. The van der Waals surface area contributed by atoms with Gasteiger partial charge >= 0.3 is 6.47 Å². The maximum absolute atomic E-state index is 10.9. The maximum atomic E-state index is 10.9. The van der Waals surface area contributed by atoms with Crippen LogP contribution in [0.4, 0.5) is 0 Å². The molecule has 1 unspecified atom stereocenters. The molecule has 3 nitrogen and oxygen atoms in total. The van der Waals surface area contributed by atoms with Crippen LogP contribution in [0.3, 0.4) is 0 Å². The summed E-state index contributed by atoms with van der Waals surface area (Å²) in [5.74, 6) is -0.252. The van der Waals surface area contributed by atoms with E-state index in [0.717, 1.165) is 0 Å². The van der Waals surface area contributed by atoms with Crippen LogP contribution in [0.25, 0.3) is 0 Å². The number of Topliss-reactive ketones (excluding diaryl/α,β-unsaturated/α-hetero) is 1. The normalized spacial score (nSPS) is 11.3. The monoisotopic (exact) mass is 153 g/mol. The molecule has 0 bridgehead atoms. The van der Waals surface area contributed by atoms with Gasteiger partial charge in [-0.1, -0.05) is 12.7 Å². The number of ether oxygens (including phenoxy) is 1. The molecule has 1 radical (unpaired) electrons. The minimum atomic E-state index is -0.884. The topological polar surface area (TPSA) is 43.4 Å². The molecule has 59 valence electrons. The first-order valence-corrected chi connectivity index (χ1v) is 3.05. The summed E-state index contributed by atoms with van der Waals surface area (Å²) in [5, 5.41) is 0. The van der Waals surface area contributed by atoms with Crippen molar-refractivity contribution in [1.82, 2.24) is 0 Å². The van der Waals surface area contributed by atoms with Crippen LogP contribution in [0.2, 0.25) is 0 Å². The van der Waals surface area contributed by atoms with Gasteiger partial charge in [0.15, 0.2) is 11.9 Å². The highest BCUT2D eigenvalue weighted by Gasteiger charge is 2.13. The van der Waals surface area contributed by atoms with Gasteiger partial charge in [-0.15, -0.1) is 6.58 Å². The first-order valence-electron chi connectivity index (χ1n) is 3.05. The Balaban J connectivity index is 4.00. The summed E-state index contributed by atoms with van der Waals surface area (Å²) in [6.07, 6.45) is 1.97. The standard InChI is InChI=1S/C8H9O3/c1-3-5-7(10)8(4-2)11-6-9/h3-4,8H,1-2,5H2. The Bertz CT molecular complexity index is 172. The summed E-state index contributed by atoms with van der Waals surface area (Å²) >= 11 is 0. The second-order valence-electron chi connectivity index (χ2n) is 1.82. The highest BCUT2D eigenvalue weighted by Crippen LogP contribution is 1.97. The molecular weight excluding hydrogens is 144 g/mol. The minimum Gasteiger partial charge on any atom is -0.442 e. The number of ketones is 1. The fourth-order valence-corrected chi connectivity index (χ4v) is 0.556. The molecule has 0 spiro atoms. The molecule has 1 atom stereocenters. The van der Waals surface area contributed by atoms with E-state index in [-0.39, 0.29) is 12.2 Å². The first kappa shape index (κ1) is 9.62. The lowest BCUT2D eigenvalue weighted by Crippen LogP contribution is -2.20. The second-order valence-corrected chi connectivity index (χ2v) is 1.82. The fourth-order valence-electron chi connectivity index (χ4n) is 0.556. The van der Waals surface area contributed by atoms with Crippen LogP contribution >= 0.6 is 0 Å². The molecule has 0 amide bonds. The number of allylic oxidation sites excluding steroid dienone is 1. The largest absolute Gasteiger partial charge is 0.442 e. The van der Waals surface area contributed by atoms with Crippen molar-refractivity contribution in [3.05, 3.63) is 25.3 Å². The molecule has 0 aromatic rings. The number of hydrogen-bond acceptors (Lipinski definition) is 3. The Labute approximate surface area is 65.4 Å². The summed E-state index contributed by atoms with van der Waals surface area (Å²) in [7, 11) is 0. The minimum absolute atomic E-state index is 0.165. The Hall–Kier alpha value is -1.38. The maximum Gasteiger partial charge on any atom is 0.418 e. The van der Waals surface area contributed by atoms with Crippen molar-refractivity contribution in [3.63, 3.8) is 0 Å². The first-order chi connectivity index (χ1) is 5.26. The predicted octanol–water partition coefficient (Wildman–Crippen LogP) is 0.770. The van der Waals surface area contributed by atoms with Crippen molar-refractivity contribution in [2.45, 2.75) is 12.5 Å². The third kappa shape index (κ3) is 3.35. The Morgan fingerprint density at radius 3 is 2.64 bits per heavy atom. The van der Waals surface area contributed by atoms with Crippen molar-refractivity contribution in [2.75, 3.05) is 0 Å². The SMILES string of the molecule is C=CCC(=O)C(C=C)O[C]=O. The molecule has 0 N–H and O–H groups in total. The van der Waals surface area contributed by atoms with Crippen LogP contribution in [-0.2, 0) is 14.3 Å². The van der Waals surface area contributed by atoms with E-state index in [4.69, 9.17) is 0 Å². The molecule has 0 aliphatic rings. The Morgan fingerprint density at radius 1 is 1.64 bits per heavy atom. The zero-order valence-electron chi connectivity index (χ0n) is 6.08. The predicted molar refractivity (Wildman–Crippen MR) is 40.6 cm³/mol. The van der Waals surface area contributed by atoms with Crippen molar-refractivity contribution < 1.29 is 14.3 Å². The third-order valence-corrected chi connectivity index (χ3v) is 1.05. The zero-order valence-corrected chi connectivity index (χ0v) is 6.08. The van der Waals surface area contributed by atoms with Gasteiger partial charge in [0.05, 0.1) is 0 Å². The van der Waals surface area contributed by atoms with E-state index in [1.807, 2.05) is 0 Å². The molecule has 0 rings (SSSR count). The molecule has 0 aromatic carbocycles. The van der Waals surface area contributed by atoms with Crippen molar-refractivity contribution >= 4 is 12.3 Å². The molecule has 3 heteroatoms. The number of carbonyl (C=O) groups is 1. The molecule has 0 fully saturated rings.